The molecule has 0 aliphatic rings. The van der Waals surface area contributed by atoms with Gasteiger partial charge in [-0.2, -0.15) is 0 Å². The van der Waals surface area contributed by atoms with E-state index in [1.165, 1.54) is 19.1 Å². The molecule has 0 aliphatic heterocycles. The average molecular weight is 192 g/mol. The fourth-order valence-electron chi connectivity index (χ4n) is 0.911. The summed E-state index contributed by atoms with van der Waals surface area (Å²) in [6.07, 6.45) is 3.15. The van der Waals surface area contributed by atoms with E-state index in [0.717, 1.165) is 0 Å². The van der Waals surface area contributed by atoms with Gasteiger partial charge in [-0.25, -0.2) is 9.59 Å². The van der Waals surface area contributed by atoms with Gasteiger partial charge in [0.05, 0.1) is 11.1 Å². The summed E-state index contributed by atoms with van der Waals surface area (Å²) >= 11 is 0. The molecule has 5 heteroatoms. The third-order valence-electron chi connectivity index (χ3n) is 1.45. The Balaban J connectivity index is -0.000000720. The minimum absolute atomic E-state index is 0. The largest absolute Gasteiger partial charge is 1.00 e. The number of hydrogen-bond acceptors (Lipinski definition) is 2. The molecular weight excluding hydrogens is 179 g/mol. The molecule has 0 amide bonds. The fraction of sp³-hybridized carbons (Fsp3) is 0.333. The topological polar surface area (TPSA) is 74.6 Å². The summed E-state index contributed by atoms with van der Waals surface area (Å²) in [5.41, 5.74) is -0.327. The zero-order valence-corrected chi connectivity index (χ0v) is 8.57. The van der Waals surface area contributed by atoms with Gasteiger partial charge in [0.2, 0.25) is 0 Å². The van der Waals surface area contributed by atoms with E-state index in [9.17, 15) is 9.59 Å². The summed E-state index contributed by atoms with van der Waals surface area (Å²) < 4.78 is 0. The molecule has 0 spiro atoms. The van der Waals surface area contributed by atoms with E-state index in [-0.39, 0.29) is 31.4 Å². The van der Waals surface area contributed by atoms with Crippen molar-refractivity contribution in [2.45, 2.75) is 20.3 Å². The number of carbonyl (C=O) groups is 2. The molecule has 0 heterocycles. The monoisotopic (exact) mass is 192 g/mol. The SMILES string of the molecule is CC=C(C(=O)O)C(=CCC)C(=O)O.[H-].[Li+]. The Morgan fingerprint density at radius 2 is 1.64 bits per heavy atom. The van der Waals surface area contributed by atoms with Crippen LogP contribution >= 0.6 is 0 Å². The second kappa shape index (κ2) is 7.42. The molecule has 4 nitrogen and oxygen atoms in total. The van der Waals surface area contributed by atoms with Crippen molar-refractivity contribution in [2.75, 3.05) is 0 Å². The molecule has 0 radical (unpaired) electrons. The molecule has 2 N–H and O–H groups in total. The predicted molar refractivity (Wildman–Crippen MR) is 48.5 cm³/mol. The number of rotatable bonds is 4. The van der Waals surface area contributed by atoms with Gasteiger partial charge in [0.25, 0.3) is 0 Å². The molecular formula is C9H13LiO4. The Morgan fingerprint density at radius 1 is 1.21 bits per heavy atom. The van der Waals surface area contributed by atoms with Crippen molar-refractivity contribution < 1.29 is 40.1 Å². The second-order valence-corrected chi connectivity index (χ2v) is 2.34. The standard InChI is InChI=1S/C9H12O4.Li.H/c1-3-5-7(9(12)13)6(4-2)8(10)11;;/h4-5H,3H2,1-2H3,(H,10,11)(H,12,13);;/q;+1;-1. The maximum absolute atomic E-state index is 10.6. The molecule has 0 aromatic heterocycles. The molecule has 0 saturated carbocycles. The Hall–Kier alpha value is -0.983. The van der Waals surface area contributed by atoms with Gasteiger partial charge in [-0.1, -0.05) is 19.1 Å². The van der Waals surface area contributed by atoms with E-state index in [1.54, 1.807) is 6.92 Å². The van der Waals surface area contributed by atoms with Crippen LogP contribution in [0.15, 0.2) is 23.3 Å². The third kappa shape index (κ3) is 4.31. The van der Waals surface area contributed by atoms with Gasteiger partial charge < -0.3 is 11.6 Å². The van der Waals surface area contributed by atoms with E-state index >= 15 is 0 Å². The summed E-state index contributed by atoms with van der Waals surface area (Å²) in [6.45, 7) is 3.24. The number of aliphatic carboxylic acids is 2. The van der Waals surface area contributed by atoms with Crippen LogP contribution in [0.3, 0.4) is 0 Å². The van der Waals surface area contributed by atoms with Crippen molar-refractivity contribution in [1.29, 1.82) is 0 Å². The molecule has 0 bridgehead atoms. The first-order valence-electron chi connectivity index (χ1n) is 3.88. The molecule has 0 aliphatic carbocycles. The maximum atomic E-state index is 10.6. The quantitative estimate of drug-likeness (QED) is 0.325. The van der Waals surface area contributed by atoms with Crippen LogP contribution in [0.4, 0.5) is 0 Å². The van der Waals surface area contributed by atoms with Crippen LogP contribution in [0.5, 0.6) is 0 Å². The van der Waals surface area contributed by atoms with Crippen LogP contribution in [-0.4, -0.2) is 22.2 Å². The Bertz CT molecular complexity index is 284. The number of carboxylic acid groups (broad SMARTS) is 2. The van der Waals surface area contributed by atoms with Crippen molar-refractivity contribution in [2.24, 2.45) is 0 Å². The second-order valence-electron chi connectivity index (χ2n) is 2.34. The molecule has 14 heavy (non-hydrogen) atoms. The molecule has 0 fully saturated rings. The summed E-state index contributed by atoms with van der Waals surface area (Å²) in [5.74, 6) is -2.43. The van der Waals surface area contributed by atoms with Gasteiger partial charge >= 0.3 is 30.8 Å². The molecule has 0 rings (SSSR count). The van der Waals surface area contributed by atoms with Gasteiger partial charge in [-0.05, 0) is 13.3 Å². The van der Waals surface area contributed by atoms with Crippen molar-refractivity contribution >= 4 is 11.9 Å². The summed E-state index contributed by atoms with van der Waals surface area (Å²) in [4.78, 5) is 21.2. The molecule has 74 valence electrons. The summed E-state index contributed by atoms with van der Waals surface area (Å²) in [6, 6.07) is 0. The molecule has 0 atom stereocenters. The Morgan fingerprint density at radius 3 is 1.86 bits per heavy atom. The fourth-order valence-corrected chi connectivity index (χ4v) is 0.911. The van der Waals surface area contributed by atoms with Crippen LogP contribution in [0.1, 0.15) is 21.7 Å². The first-order chi connectivity index (χ1) is 6.04. The maximum Gasteiger partial charge on any atom is 1.00 e. The minimum atomic E-state index is -1.22. The zero-order valence-electron chi connectivity index (χ0n) is 9.57. The number of allylic oxidation sites excluding steroid dienone is 2. The minimum Gasteiger partial charge on any atom is -1.00 e. The normalized spacial score (nSPS) is 11.9. The molecule has 0 aromatic carbocycles. The van der Waals surface area contributed by atoms with Crippen LogP contribution in [-0.2, 0) is 9.59 Å². The van der Waals surface area contributed by atoms with Crippen LogP contribution < -0.4 is 18.9 Å². The number of carboxylic acids is 2. The van der Waals surface area contributed by atoms with E-state index < -0.39 is 11.9 Å². The molecule has 0 saturated heterocycles. The smallest absolute Gasteiger partial charge is 1.00 e. The third-order valence-corrected chi connectivity index (χ3v) is 1.45. The van der Waals surface area contributed by atoms with Crippen LogP contribution in [0.2, 0.25) is 0 Å². The van der Waals surface area contributed by atoms with E-state index in [4.69, 9.17) is 10.2 Å². The van der Waals surface area contributed by atoms with E-state index in [2.05, 4.69) is 0 Å². The molecule has 0 unspecified atom stereocenters. The van der Waals surface area contributed by atoms with E-state index in [0.29, 0.717) is 6.42 Å². The summed E-state index contributed by atoms with van der Waals surface area (Å²) in [7, 11) is 0. The molecule has 0 aromatic rings. The van der Waals surface area contributed by atoms with Gasteiger partial charge in [-0.3, -0.25) is 0 Å². The van der Waals surface area contributed by atoms with Crippen LogP contribution in [0.25, 0.3) is 0 Å². The van der Waals surface area contributed by atoms with Gasteiger partial charge in [0, 0.05) is 0 Å². The van der Waals surface area contributed by atoms with Crippen molar-refractivity contribution in [3.8, 4) is 0 Å². The van der Waals surface area contributed by atoms with E-state index in [1.807, 2.05) is 0 Å². The van der Waals surface area contributed by atoms with Crippen molar-refractivity contribution in [1.82, 2.24) is 0 Å². The first kappa shape index (κ1) is 15.5. The Labute approximate surface area is 96.0 Å². The van der Waals surface area contributed by atoms with Gasteiger partial charge in [0.1, 0.15) is 0 Å². The number of hydrogen-bond donors (Lipinski definition) is 2. The zero-order chi connectivity index (χ0) is 10.4. The summed E-state index contributed by atoms with van der Waals surface area (Å²) in [5, 5.41) is 17.3. The van der Waals surface area contributed by atoms with Crippen molar-refractivity contribution in [3.63, 3.8) is 0 Å². The van der Waals surface area contributed by atoms with Gasteiger partial charge in [0.15, 0.2) is 0 Å². The average Bonchev–Trinajstić information content (AvgIpc) is 2.03. The predicted octanol–water partition coefficient (Wildman–Crippen LogP) is -1.45. The van der Waals surface area contributed by atoms with Crippen LogP contribution in [0, 0.1) is 0 Å². The van der Waals surface area contributed by atoms with Crippen molar-refractivity contribution in [3.05, 3.63) is 23.3 Å². The first-order valence-corrected chi connectivity index (χ1v) is 3.88. The van der Waals surface area contributed by atoms with Gasteiger partial charge in [-0.15, -0.1) is 0 Å². The Kier molecular flexibility index (Phi) is 8.21.